The van der Waals surface area contributed by atoms with Gasteiger partial charge in [0.1, 0.15) is 0 Å². The van der Waals surface area contributed by atoms with Gasteiger partial charge in [-0.05, 0) is 50.8 Å². The highest BCUT2D eigenvalue weighted by molar-refractivity contribution is 5.08. The van der Waals surface area contributed by atoms with E-state index in [4.69, 9.17) is 5.26 Å². The second-order valence-corrected chi connectivity index (χ2v) is 5.08. The van der Waals surface area contributed by atoms with E-state index in [-0.39, 0.29) is 0 Å². The fourth-order valence-corrected chi connectivity index (χ4v) is 2.65. The lowest BCUT2D eigenvalue weighted by Crippen LogP contribution is -2.36. The van der Waals surface area contributed by atoms with Crippen molar-refractivity contribution in [3.05, 3.63) is 24.0 Å². The van der Waals surface area contributed by atoms with Gasteiger partial charge in [0.15, 0.2) is 0 Å². The van der Waals surface area contributed by atoms with Crippen LogP contribution in [0.5, 0.6) is 0 Å². The van der Waals surface area contributed by atoms with Gasteiger partial charge in [-0.15, -0.1) is 0 Å². The van der Waals surface area contributed by atoms with Gasteiger partial charge in [0.2, 0.25) is 0 Å². The highest BCUT2D eigenvalue weighted by atomic mass is 15.1. The number of rotatable bonds is 4. The monoisotopic (exact) mass is 231 g/mol. The summed E-state index contributed by atoms with van der Waals surface area (Å²) in [5.41, 5.74) is 1.38. The Hall–Kier alpha value is -1.27. The second-order valence-electron chi connectivity index (χ2n) is 5.08. The van der Waals surface area contributed by atoms with Crippen LogP contribution in [0.25, 0.3) is 0 Å². The number of hydrogen-bond donors (Lipinski definition) is 1. The Labute approximate surface area is 103 Å². The van der Waals surface area contributed by atoms with Crippen LogP contribution in [-0.4, -0.2) is 29.5 Å². The summed E-state index contributed by atoms with van der Waals surface area (Å²) >= 11 is 0. The summed E-state index contributed by atoms with van der Waals surface area (Å²) in [6.45, 7) is 1.11. The normalized spacial score (nSPS) is 24.8. The molecule has 2 rings (SSSR count). The Morgan fingerprint density at radius 3 is 2.76 bits per heavy atom. The Morgan fingerprint density at radius 1 is 1.41 bits per heavy atom. The maximum Gasteiger partial charge on any atom is 0.0655 e. The van der Waals surface area contributed by atoms with Crippen LogP contribution in [0, 0.1) is 17.2 Å². The van der Waals surface area contributed by atoms with Crippen molar-refractivity contribution in [1.82, 2.24) is 9.88 Å². The van der Waals surface area contributed by atoms with Gasteiger partial charge in [-0.1, -0.05) is 0 Å². The number of nitriles is 1. The van der Waals surface area contributed by atoms with Gasteiger partial charge in [-0.25, -0.2) is 0 Å². The van der Waals surface area contributed by atoms with E-state index in [9.17, 15) is 0 Å². The Kier molecular flexibility index (Phi) is 4.22. The molecule has 0 aliphatic heterocycles. The van der Waals surface area contributed by atoms with Crippen LogP contribution in [-0.2, 0) is 6.42 Å². The van der Waals surface area contributed by atoms with Crippen molar-refractivity contribution >= 4 is 0 Å². The highest BCUT2D eigenvalue weighted by Gasteiger charge is 2.23. The first-order chi connectivity index (χ1) is 8.29. The van der Waals surface area contributed by atoms with E-state index in [0.717, 1.165) is 25.8 Å². The predicted molar refractivity (Wildman–Crippen MR) is 68.5 cm³/mol. The molecule has 0 saturated heterocycles. The van der Waals surface area contributed by atoms with Gasteiger partial charge in [0.05, 0.1) is 6.07 Å². The van der Waals surface area contributed by atoms with Crippen molar-refractivity contribution in [2.24, 2.45) is 5.92 Å². The Bertz CT molecular complexity index is 355. The van der Waals surface area contributed by atoms with E-state index in [1.807, 2.05) is 6.20 Å². The SMILES string of the molecule is CN(CCc1cc[nH]c1)C1CCC(C#N)CC1. The fraction of sp³-hybridized carbons (Fsp3) is 0.643. The van der Waals surface area contributed by atoms with E-state index in [1.165, 1.54) is 18.4 Å². The number of nitrogens with zero attached hydrogens (tertiary/aromatic N) is 2. The number of aromatic amines is 1. The van der Waals surface area contributed by atoms with Crippen LogP contribution in [0.15, 0.2) is 18.5 Å². The standard InChI is InChI=1S/C14H21N3/c1-17(9-7-13-6-8-16-11-13)14-4-2-12(10-15)3-5-14/h6,8,11-12,14,16H,2-5,7,9H2,1H3. The minimum atomic E-state index is 0.310. The Morgan fingerprint density at radius 2 is 2.18 bits per heavy atom. The van der Waals surface area contributed by atoms with Crippen molar-refractivity contribution in [3.8, 4) is 6.07 Å². The molecule has 0 bridgehead atoms. The maximum atomic E-state index is 8.88. The van der Waals surface area contributed by atoms with Crippen LogP contribution in [0.2, 0.25) is 0 Å². The van der Waals surface area contributed by atoms with Gasteiger partial charge >= 0.3 is 0 Å². The van der Waals surface area contributed by atoms with Gasteiger partial charge < -0.3 is 9.88 Å². The molecule has 3 heteroatoms. The third-order valence-electron chi connectivity index (χ3n) is 3.92. The zero-order valence-corrected chi connectivity index (χ0v) is 10.5. The van der Waals surface area contributed by atoms with Crippen LogP contribution < -0.4 is 0 Å². The summed E-state index contributed by atoms with van der Waals surface area (Å²) in [4.78, 5) is 5.55. The van der Waals surface area contributed by atoms with Gasteiger partial charge in [-0.2, -0.15) is 5.26 Å². The first-order valence-corrected chi connectivity index (χ1v) is 6.51. The van der Waals surface area contributed by atoms with Crippen molar-refractivity contribution in [2.75, 3.05) is 13.6 Å². The molecule has 3 nitrogen and oxygen atoms in total. The van der Waals surface area contributed by atoms with E-state index in [1.54, 1.807) is 0 Å². The molecule has 0 atom stereocenters. The highest BCUT2D eigenvalue weighted by Crippen LogP contribution is 2.26. The van der Waals surface area contributed by atoms with E-state index in [2.05, 4.69) is 35.3 Å². The molecule has 1 aromatic heterocycles. The molecular formula is C14H21N3. The number of aromatic nitrogens is 1. The lowest BCUT2D eigenvalue weighted by atomic mass is 9.86. The summed E-state index contributed by atoms with van der Waals surface area (Å²) in [5, 5.41) is 8.88. The molecule has 92 valence electrons. The smallest absolute Gasteiger partial charge is 0.0655 e. The summed E-state index contributed by atoms with van der Waals surface area (Å²) < 4.78 is 0. The zero-order valence-electron chi connectivity index (χ0n) is 10.5. The van der Waals surface area contributed by atoms with E-state index in [0.29, 0.717) is 12.0 Å². The number of nitrogens with one attached hydrogen (secondary N) is 1. The molecule has 1 fully saturated rings. The predicted octanol–water partition coefficient (Wildman–Crippen LogP) is 2.57. The van der Waals surface area contributed by atoms with Crippen LogP contribution in [0.1, 0.15) is 31.2 Å². The lowest BCUT2D eigenvalue weighted by molar-refractivity contribution is 0.180. The van der Waals surface area contributed by atoms with Crippen molar-refractivity contribution in [2.45, 2.75) is 38.1 Å². The minimum absolute atomic E-state index is 0.310. The van der Waals surface area contributed by atoms with Crippen molar-refractivity contribution < 1.29 is 0 Å². The van der Waals surface area contributed by atoms with Gasteiger partial charge in [-0.3, -0.25) is 0 Å². The average molecular weight is 231 g/mol. The third kappa shape index (κ3) is 3.34. The number of H-pyrrole nitrogens is 1. The molecule has 0 amide bonds. The summed E-state index contributed by atoms with van der Waals surface area (Å²) in [5.74, 6) is 0.310. The molecule has 1 aliphatic carbocycles. The lowest BCUT2D eigenvalue weighted by Gasteiger charge is -2.32. The largest absolute Gasteiger partial charge is 0.367 e. The molecule has 1 aliphatic rings. The molecular weight excluding hydrogens is 210 g/mol. The maximum absolute atomic E-state index is 8.88. The van der Waals surface area contributed by atoms with Gasteiger partial charge in [0, 0.05) is 30.9 Å². The molecule has 17 heavy (non-hydrogen) atoms. The Balaban J connectivity index is 1.73. The molecule has 0 spiro atoms. The summed E-state index contributed by atoms with van der Waals surface area (Å²) in [6, 6.07) is 5.21. The van der Waals surface area contributed by atoms with Crippen LogP contribution >= 0.6 is 0 Å². The fourth-order valence-electron chi connectivity index (χ4n) is 2.65. The second kappa shape index (κ2) is 5.88. The van der Waals surface area contributed by atoms with E-state index < -0.39 is 0 Å². The van der Waals surface area contributed by atoms with Crippen LogP contribution in [0.4, 0.5) is 0 Å². The molecule has 1 N–H and O–H groups in total. The molecule has 0 aromatic carbocycles. The van der Waals surface area contributed by atoms with Crippen molar-refractivity contribution in [1.29, 1.82) is 5.26 Å². The quantitative estimate of drug-likeness (QED) is 0.865. The molecule has 1 heterocycles. The molecule has 1 aromatic rings. The topological polar surface area (TPSA) is 42.8 Å². The number of hydrogen-bond acceptors (Lipinski definition) is 2. The first kappa shape index (κ1) is 12.2. The number of likely N-dealkylation sites (N-methyl/N-ethyl adjacent to an activating group) is 1. The van der Waals surface area contributed by atoms with Crippen molar-refractivity contribution in [3.63, 3.8) is 0 Å². The summed E-state index contributed by atoms with van der Waals surface area (Å²) in [7, 11) is 2.21. The minimum Gasteiger partial charge on any atom is -0.367 e. The third-order valence-corrected chi connectivity index (χ3v) is 3.92. The first-order valence-electron chi connectivity index (χ1n) is 6.51. The summed E-state index contributed by atoms with van der Waals surface area (Å²) in [6.07, 6.45) is 9.68. The molecule has 1 saturated carbocycles. The molecule has 0 radical (unpaired) electrons. The van der Waals surface area contributed by atoms with Gasteiger partial charge in [0.25, 0.3) is 0 Å². The van der Waals surface area contributed by atoms with E-state index >= 15 is 0 Å². The average Bonchev–Trinajstić information content (AvgIpc) is 2.89. The van der Waals surface area contributed by atoms with Crippen LogP contribution in [0.3, 0.4) is 0 Å². The molecule has 0 unspecified atom stereocenters. The zero-order chi connectivity index (χ0) is 12.1.